The number of hydrazone groups is 1. The van der Waals surface area contributed by atoms with Crippen LogP contribution < -0.4 is 11.2 Å². The Bertz CT molecular complexity index is 722. The van der Waals surface area contributed by atoms with Crippen LogP contribution in [0, 0.1) is 0 Å². The van der Waals surface area contributed by atoms with Crippen LogP contribution in [0.2, 0.25) is 5.02 Å². The number of nitrogens with one attached hydrogen (secondary N) is 1. The summed E-state index contributed by atoms with van der Waals surface area (Å²) in [5.41, 5.74) is 11.3. The number of guanidine groups is 1. The minimum atomic E-state index is 0.193. The largest absolute Gasteiger partial charge is 0.508 e. The molecule has 0 fully saturated rings. The zero-order valence-electron chi connectivity index (χ0n) is 10.3. The molecule has 1 heterocycles. The first-order chi connectivity index (χ1) is 9.63. The van der Waals surface area contributed by atoms with Crippen LogP contribution in [-0.2, 0) is 0 Å². The number of fused-ring (bicyclic) bond motifs is 1. The van der Waals surface area contributed by atoms with Crippen molar-refractivity contribution in [1.82, 2.24) is 5.43 Å². The molecule has 100 valence electrons. The molecule has 0 aromatic heterocycles. The zero-order chi connectivity index (χ0) is 14.1. The predicted molar refractivity (Wildman–Crippen MR) is 79.6 cm³/mol. The predicted octanol–water partition coefficient (Wildman–Crippen LogP) is 2.35. The minimum absolute atomic E-state index is 0.193. The van der Waals surface area contributed by atoms with Crippen molar-refractivity contribution < 1.29 is 5.11 Å². The molecular weight excluding hydrogens is 276 g/mol. The van der Waals surface area contributed by atoms with Crippen LogP contribution in [0.4, 0.5) is 5.69 Å². The van der Waals surface area contributed by atoms with E-state index in [0.717, 1.165) is 11.1 Å². The molecule has 2 aromatic carbocycles. The number of aliphatic imine (C=N–C) groups is 1. The van der Waals surface area contributed by atoms with Gasteiger partial charge in [0.2, 0.25) is 5.96 Å². The minimum Gasteiger partial charge on any atom is -0.508 e. The fraction of sp³-hybridized carbons (Fsp3) is 0. The molecule has 6 heteroatoms. The van der Waals surface area contributed by atoms with Crippen molar-refractivity contribution in [2.24, 2.45) is 15.8 Å². The maximum atomic E-state index is 9.37. The van der Waals surface area contributed by atoms with Crippen molar-refractivity contribution in [2.75, 3.05) is 0 Å². The average Bonchev–Trinajstić information content (AvgIpc) is 2.58. The molecule has 2 aromatic rings. The lowest BCUT2D eigenvalue weighted by molar-refractivity contribution is 0.475. The Morgan fingerprint density at radius 1 is 1.10 bits per heavy atom. The van der Waals surface area contributed by atoms with Crippen molar-refractivity contribution in [3.8, 4) is 5.75 Å². The van der Waals surface area contributed by atoms with Crippen LogP contribution in [0.1, 0.15) is 11.1 Å². The SMILES string of the molecule is NC1=Nc2ccc(Cl)cc2C(c2ccc(O)cc2)=NN1. The van der Waals surface area contributed by atoms with Crippen LogP contribution in [0.15, 0.2) is 52.6 Å². The van der Waals surface area contributed by atoms with Crippen molar-refractivity contribution in [2.45, 2.75) is 0 Å². The molecule has 0 unspecified atom stereocenters. The molecule has 0 spiro atoms. The number of hydrogen-bond donors (Lipinski definition) is 3. The van der Waals surface area contributed by atoms with E-state index in [1.54, 1.807) is 42.5 Å². The smallest absolute Gasteiger partial charge is 0.214 e. The zero-order valence-corrected chi connectivity index (χ0v) is 11.1. The molecule has 0 bridgehead atoms. The normalized spacial score (nSPS) is 13.7. The van der Waals surface area contributed by atoms with Crippen LogP contribution in [0.25, 0.3) is 0 Å². The average molecular weight is 287 g/mol. The Hall–Kier alpha value is -2.53. The molecule has 3 rings (SSSR count). The number of rotatable bonds is 1. The summed E-state index contributed by atoms with van der Waals surface area (Å²) >= 11 is 6.05. The number of halogens is 1. The van der Waals surface area contributed by atoms with Gasteiger partial charge in [0.1, 0.15) is 11.5 Å². The van der Waals surface area contributed by atoms with E-state index in [1.165, 1.54) is 0 Å². The number of nitrogens with zero attached hydrogens (tertiary/aromatic N) is 2. The van der Waals surface area contributed by atoms with E-state index in [4.69, 9.17) is 17.3 Å². The first kappa shape index (κ1) is 12.5. The number of phenols is 1. The highest BCUT2D eigenvalue weighted by atomic mass is 35.5. The Morgan fingerprint density at radius 2 is 1.85 bits per heavy atom. The Morgan fingerprint density at radius 3 is 2.60 bits per heavy atom. The van der Waals surface area contributed by atoms with Gasteiger partial charge in [0.15, 0.2) is 0 Å². The molecule has 20 heavy (non-hydrogen) atoms. The van der Waals surface area contributed by atoms with Gasteiger partial charge in [-0.25, -0.2) is 10.4 Å². The van der Waals surface area contributed by atoms with E-state index in [0.29, 0.717) is 16.4 Å². The monoisotopic (exact) mass is 286 g/mol. The standard InChI is InChI=1S/C14H11ClN4O/c15-9-3-6-12-11(7-9)13(18-19-14(16)17-12)8-1-4-10(20)5-2-8/h1-7,20H,(H3,16,17,19). The lowest BCUT2D eigenvalue weighted by atomic mass is 10.0. The Kier molecular flexibility index (Phi) is 3.04. The van der Waals surface area contributed by atoms with E-state index >= 15 is 0 Å². The molecule has 0 amide bonds. The second kappa shape index (κ2) is 4.86. The highest BCUT2D eigenvalue weighted by Gasteiger charge is 2.16. The summed E-state index contributed by atoms with van der Waals surface area (Å²) in [6.07, 6.45) is 0. The summed E-state index contributed by atoms with van der Waals surface area (Å²) in [5, 5.41) is 14.2. The van der Waals surface area contributed by atoms with Gasteiger partial charge >= 0.3 is 0 Å². The summed E-state index contributed by atoms with van der Waals surface area (Å²) in [7, 11) is 0. The maximum absolute atomic E-state index is 9.37. The number of nitrogens with two attached hydrogens (primary N) is 1. The highest BCUT2D eigenvalue weighted by molar-refractivity contribution is 6.31. The van der Waals surface area contributed by atoms with E-state index < -0.39 is 0 Å². The molecule has 4 N–H and O–H groups in total. The molecule has 1 aliphatic heterocycles. The van der Waals surface area contributed by atoms with Gasteiger partial charge in [0, 0.05) is 16.1 Å². The highest BCUT2D eigenvalue weighted by Crippen LogP contribution is 2.27. The van der Waals surface area contributed by atoms with Gasteiger partial charge in [0.25, 0.3) is 0 Å². The summed E-state index contributed by atoms with van der Waals surface area (Å²) in [4.78, 5) is 4.23. The fourth-order valence-corrected chi connectivity index (χ4v) is 2.14. The Labute approximate surface area is 120 Å². The summed E-state index contributed by atoms with van der Waals surface area (Å²) in [6.45, 7) is 0. The first-order valence-corrected chi connectivity index (χ1v) is 6.28. The van der Waals surface area contributed by atoms with Gasteiger partial charge in [-0.15, -0.1) is 0 Å². The Balaban J connectivity index is 2.18. The van der Waals surface area contributed by atoms with Crippen molar-refractivity contribution in [1.29, 1.82) is 0 Å². The van der Waals surface area contributed by atoms with E-state index in [1.807, 2.05) is 0 Å². The molecule has 0 radical (unpaired) electrons. The number of aromatic hydroxyl groups is 1. The molecule has 0 saturated carbocycles. The van der Waals surface area contributed by atoms with Crippen LogP contribution in [0.3, 0.4) is 0 Å². The first-order valence-electron chi connectivity index (χ1n) is 5.91. The molecule has 0 aliphatic carbocycles. The van der Waals surface area contributed by atoms with Gasteiger partial charge in [-0.2, -0.15) is 5.10 Å². The van der Waals surface area contributed by atoms with E-state index in [2.05, 4.69) is 15.5 Å². The van der Waals surface area contributed by atoms with Crippen LogP contribution in [0.5, 0.6) is 5.75 Å². The summed E-state index contributed by atoms with van der Waals surface area (Å²) < 4.78 is 0. The second-order valence-electron chi connectivity index (χ2n) is 4.28. The molecule has 1 aliphatic rings. The molecule has 0 saturated heterocycles. The summed E-state index contributed by atoms with van der Waals surface area (Å²) in [6, 6.07) is 12.0. The number of phenolic OH excluding ortho intramolecular Hbond substituents is 1. The number of benzene rings is 2. The molecule has 0 atom stereocenters. The van der Waals surface area contributed by atoms with Gasteiger partial charge in [-0.1, -0.05) is 11.6 Å². The number of hydrogen-bond acceptors (Lipinski definition) is 5. The third kappa shape index (κ3) is 2.31. The molecule has 5 nitrogen and oxygen atoms in total. The maximum Gasteiger partial charge on any atom is 0.214 e. The quantitative estimate of drug-likeness (QED) is 0.752. The third-order valence-electron chi connectivity index (χ3n) is 2.88. The van der Waals surface area contributed by atoms with Crippen molar-refractivity contribution in [3.63, 3.8) is 0 Å². The third-order valence-corrected chi connectivity index (χ3v) is 3.11. The van der Waals surface area contributed by atoms with Gasteiger partial charge in [0.05, 0.1) is 5.69 Å². The van der Waals surface area contributed by atoms with Gasteiger partial charge in [-0.3, -0.25) is 0 Å². The lowest BCUT2D eigenvalue weighted by Crippen LogP contribution is -2.26. The van der Waals surface area contributed by atoms with Crippen molar-refractivity contribution in [3.05, 3.63) is 58.6 Å². The van der Waals surface area contributed by atoms with E-state index in [-0.39, 0.29) is 11.7 Å². The van der Waals surface area contributed by atoms with Crippen LogP contribution in [-0.4, -0.2) is 16.8 Å². The second-order valence-corrected chi connectivity index (χ2v) is 4.71. The summed E-state index contributed by atoms with van der Waals surface area (Å²) in [5.74, 6) is 0.403. The van der Waals surface area contributed by atoms with Crippen molar-refractivity contribution >= 4 is 29.0 Å². The van der Waals surface area contributed by atoms with Gasteiger partial charge < -0.3 is 10.8 Å². The van der Waals surface area contributed by atoms with Gasteiger partial charge in [-0.05, 0) is 42.5 Å². The van der Waals surface area contributed by atoms with E-state index in [9.17, 15) is 5.11 Å². The lowest BCUT2D eigenvalue weighted by Gasteiger charge is -2.08. The fourth-order valence-electron chi connectivity index (χ4n) is 1.96. The topological polar surface area (TPSA) is 83.0 Å². The molecular formula is C14H11ClN4O. The van der Waals surface area contributed by atoms with Crippen LogP contribution >= 0.6 is 11.6 Å².